The molecule has 208 valence electrons. The Morgan fingerprint density at radius 2 is 0.975 bits per heavy atom. The van der Waals surface area contributed by atoms with E-state index in [0.717, 1.165) is 57.5 Å². The van der Waals surface area contributed by atoms with Gasteiger partial charge in [0.15, 0.2) is 0 Å². The van der Waals surface area contributed by atoms with E-state index >= 15 is 0 Å². The third-order valence-electron chi connectivity index (χ3n) is 6.41. The van der Waals surface area contributed by atoms with Gasteiger partial charge in [-0.15, -0.1) is 6.58 Å². The highest BCUT2D eigenvalue weighted by molar-refractivity contribution is 14.1. The second-order valence-electron chi connectivity index (χ2n) is 9.30. The van der Waals surface area contributed by atoms with Gasteiger partial charge in [0, 0.05) is 22.6 Å². The Morgan fingerprint density at radius 1 is 0.600 bits per heavy atom. The first-order valence-electron chi connectivity index (χ1n) is 12.3. The lowest BCUT2D eigenvalue weighted by Gasteiger charge is -2.16. The monoisotopic (exact) mass is 1000 g/mol. The minimum Gasteiger partial charge on any atom is -0.507 e. The van der Waals surface area contributed by atoms with Crippen molar-refractivity contribution >= 4 is 102 Å². The number of phenols is 4. The number of hydrogen-bond donors (Lipinski definition) is 4. The van der Waals surface area contributed by atoms with Crippen molar-refractivity contribution in [3.05, 3.63) is 109 Å². The maximum absolute atomic E-state index is 11.1. The van der Waals surface area contributed by atoms with Gasteiger partial charge >= 0.3 is 0 Å². The average molecular weight is 1000 g/mol. The second-order valence-corrected chi connectivity index (χ2v) is 15.1. The largest absolute Gasteiger partial charge is 0.507 e. The molecular formula is C31H26I4O4S. The van der Waals surface area contributed by atoms with E-state index in [-0.39, 0.29) is 17.2 Å². The molecule has 0 saturated heterocycles. The molecule has 0 aliphatic rings. The van der Waals surface area contributed by atoms with Crippen molar-refractivity contribution in [2.24, 2.45) is 0 Å². The van der Waals surface area contributed by atoms with Gasteiger partial charge in [0.1, 0.15) is 23.0 Å². The summed E-state index contributed by atoms with van der Waals surface area (Å²) >= 11 is 10.1. The van der Waals surface area contributed by atoms with Gasteiger partial charge in [0.05, 0.1) is 14.3 Å². The van der Waals surface area contributed by atoms with Crippen molar-refractivity contribution in [3.8, 4) is 23.0 Å². The Hall–Kier alpha value is -0.910. The van der Waals surface area contributed by atoms with E-state index in [2.05, 4.69) is 96.9 Å². The maximum atomic E-state index is 11.1. The highest BCUT2D eigenvalue weighted by atomic mass is 127. The number of halogens is 4. The molecule has 40 heavy (non-hydrogen) atoms. The van der Waals surface area contributed by atoms with Crippen LogP contribution in [0.15, 0.2) is 71.0 Å². The first-order valence-corrected chi connectivity index (χ1v) is 17.5. The number of aromatic hydroxyl groups is 4. The third-order valence-corrected chi connectivity index (χ3v) is 10.6. The van der Waals surface area contributed by atoms with Crippen molar-refractivity contribution in [2.75, 3.05) is 0 Å². The third kappa shape index (κ3) is 7.53. The number of hydrogen-bond acceptors (Lipinski definition) is 5. The van der Waals surface area contributed by atoms with Crippen LogP contribution in [0.2, 0.25) is 0 Å². The normalized spacial score (nSPS) is 11.1. The summed E-state index contributed by atoms with van der Waals surface area (Å²) in [4.78, 5) is 1.99. The quantitative estimate of drug-likeness (QED) is 0.0994. The van der Waals surface area contributed by atoms with E-state index in [1.54, 1.807) is 17.8 Å². The molecule has 9 heteroatoms. The molecule has 0 aliphatic heterocycles. The molecule has 0 heterocycles. The van der Waals surface area contributed by atoms with E-state index < -0.39 is 0 Å². The minimum absolute atomic E-state index is 0.263. The van der Waals surface area contributed by atoms with Gasteiger partial charge in [-0.3, -0.25) is 0 Å². The zero-order valence-corrected chi connectivity index (χ0v) is 30.9. The van der Waals surface area contributed by atoms with Gasteiger partial charge < -0.3 is 20.4 Å². The topological polar surface area (TPSA) is 80.9 Å². The van der Waals surface area contributed by atoms with Crippen LogP contribution in [0.5, 0.6) is 23.0 Å². The lowest BCUT2D eigenvalue weighted by Crippen LogP contribution is -1.97. The standard InChI is InChI=1S/C31H26I4O4S/c1-3-5-19-13-23(15-21(29(19)37)7-17-10-26(34)31(39)27(35)11-17)40-22-12-18(4-2)28(36)20(14-22)6-16-8-24(32)30(38)25(33)9-16/h3,8-15,36-39H,1,4-7H2,2H3. The van der Waals surface area contributed by atoms with Crippen LogP contribution in [0.1, 0.15) is 40.3 Å². The maximum Gasteiger partial charge on any atom is 0.142 e. The van der Waals surface area contributed by atoms with Gasteiger partial charge in [-0.05, 0) is 185 Å². The zero-order chi connectivity index (χ0) is 29.1. The number of benzene rings is 4. The lowest BCUT2D eigenvalue weighted by atomic mass is 10.00. The molecule has 0 amide bonds. The van der Waals surface area contributed by atoms with Crippen LogP contribution in [-0.2, 0) is 25.7 Å². The number of phenolic OH excluding ortho intramolecular Hbond substituents is 4. The molecule has 0 radical (unpaired) electrons. The smallest absolute Gasteiger partial charge is 0.142 e. The summed E-state index contributed by atoms with van der Waals surface area (Å²) in [6.45, 7) is 5.90. The van der Waals surface area contributed by atoms with Crippen LogP contribution >= 0.6 is 102 Å². The van der Waals surface area contributed by atoms with Crippen molar-refractivity contribution in [1.29, 1.82) is 0 Å². The summed E-state index contributed by atoms with van der Waals surface area (Å²) in [5.41, 5.74) is 5.35. The Balaban J connectivity index is 1.72. The predicted octanol–water partition coefficient (Wildman–Crippen LogP) is 9.55. The van der Waals surface area contributed by atoms with E-state index in [1.807, 2.05) is 55.5 Å². The summed E-state index contributed by atoms with van der Waals surface area (Å²) < 4.78 is 3.12. The fourth-order valence-electron chi connectivity index (χ4n) is 4.44. The molecule has 4 rings (SSSR count). The Labute approximate surface area is 293 Å². The Morgan fingerprint density at radius 3 is 1.38 bits per heavy atom. The zero-order valence-electron chi connectivity index (χ0n) is 21.4. The predicted molar refractivity (Wildman–Crippen MR) is 196 cm³/mol. The number of allylic oxidation sites excluding steroid dienone is 1. The molecule has 0 saturated carbocycles. The molecular weight excluding hydrogens is 976 g/mol. The summed E-state index contributed by atoms with van der Waals surface area (Å²) in [6, 6.07) is 15.8. The van der Waals surface area contributed by atoms with Gasteiger partial charge in [0.2, 0.25) is 0 Å². The summed E-state index contributed by atoms with van der Waals surface area (Å²) in [7, 11) is 0. The summed E-state index contributed by atoms with van der Waals surface area (Å²) in [5.74, 6) is 1.13. The van der Waals surface area contributed by atoms with E-state index in [4.69, 9.17) is 0 Å². The highest BCUT2D eigenvalue weighted by Gasteiger charge is 2.16. The first-order chi connectivity index (χ1) is 19.0. The highest BCUT2D eigenvalue weighted by Crippen LogP contribution is 2.39. The Bertz CT molecular complexity index is 1560. The van der Waals surface area contributed by atoms with Crippen LogP contribution in [0.3, 0.4) is 0 Å². The lowest BCUT2D eigenvalue weighted by molar-refractivity contribution is 0.462. The van der Waals surface area contributed by atoms with Crippen molar-refractivity contribution < 1.29 is 20.4 Å². The molecule has 4 N–H and O–H groups in total. The number of rotatable bonds is 9. The fourth-order valence-corrected chi connectivity index (χ4v) is 9.31. The van der Waals surface area contributed by atoms with Crippen molar-refractivity contribution in [3.63, 3.8) is 0 Å². The van der Waals surface area contributed by atoms with Crippen LogP contribution in [0.25, 0.3) is 0 Å². The molecule has 0 unspecified atom stereocenters. The molecule has 0 spiro atoms. The molecule has 0 bridgehead atoms. The molecule has 0 aliphatic carbocycles. The van der Waals surface area contributed by atoms with Crippen LogP contribution in [0, 0.1) is 14.3 Å². The molecule has 4 aromatic carbocycles. The van der Waals surface area contributed by atoms with Crippen LogP contribution < -0.4 is 0 Å². The van der Waals surface area contributed by atoms with Gasteiger partial charge in [-0.25, -0.2) is 0 Å². The molecule has 4 aromatic rings. The summed E-state index contributed by atoms with van der Waals surface area (Å²) in [6.07, 6.45) is 4.08. The SMILES string of the molecule is C=CCc1cc(Sc2cc(CC)c(O)c(Cc3cc(I)c(O)c(I)c3)c2)cc(Cc2cc(I)c(O)c(I)c2)c1O. The van der Waals surface area contributed by atoms with Gasteiger partial charge in [-0.1, -0.05) is 24.8 Å². The van der Waals surface area contributed by atoms with Gasteiger partial charge in [0.25, 0.3) is 0 Å². The minimum atomic E-state index is 0.263. The van der Waals surface area contributed by atoms with E-state index in [9.17, 15) is 20.4 Å². The van der Waals surface area contributed by atoms with Gasteiger partial charge in [-0.2, -0.15) is 0 Å². The molecule has 4 nitrogen and oxygen atoms in total. The average Bonchev–Trinajstić information content (AvgIpc) is 2.90. The molecule has 0 fully saturated rings. The van der Waals surface area contributed by atoms with Crippen molar-refractivity contribution in [1.82, 2.24) is 0 Å². The first kappa shape index (κ1) is 32.0. The Kier molecular flexibility index (Phi) is 11.2. The molecule has 0 atom stereocenters. The summed E-state index contributed by atoms with van der Waals surface area (Å²) in [5, 5.41) is 42.5. The van der Waals surface area contributed by atoms with Crippen molar-refractivity contribution in [2.45, 2.75) is 42.4 Å². The van der Waals surface area contributed by atoms with E-state index in [1.165, 1.54) is 0 Å². The fraction of sp³-hybridized carbons (Fsp3) is 0.161. The van der Waals surface area contributed by atoms with Crippen LogP contribution in [-0.4, -0.2) is 20.4 Å². The van der Waals surface area contributed by atoms with E-state index in [0.29, 0.717) is 31.4 Å². The number of aryl methyl sites for hydroxylation is 1. The second kappa shape index (κ2) is 14.0. The molecule has 0 aromatic heterocycles. The van der Waals surface area contributed by atoms with Crippen LogP contribution in [0.4, 0.5) is 0 Å².